The number of hydrogen-bond acceptors (Lipinski definition) is 4. The maximum Gasteiger partial charge on any atom is 0.357 e. The monoisotopic (exact) mass is 228 g/mol. The SMILES string of the molecule is CCCOCc1nc(C(=O)O)c(C(=O)O)[nH]1. The van der Waals surface area contributed by atoms with Crippen molar-refractivity contribution in [2.75, 3.05) is 6.61 Å². The number of aromatic carboxylic acids is 2. The summed E-state index contributed by atoms with van der Waals surface area (Å²) in [5.41, 5.74) is -0.926. The second kappa shape index (κ2) is 5.26. The lowest BCUT2D eigenvalue weighted by molar-refractivity contribution is 0.0644. The Labute approximate surface area is 91.1 Å². The van der Waals surface area contributed by atoms with Crippen molar-refractivity contribution < 1.29 is 24.5 Å². The Bertz CT molecular complexity index is 367. The Morgan fingerprint density at radius 2 is 2.06 bits per heavy atom. The predicted octanol–water partition coefficient (Wildman–Crippen LogP) is 0.733. The molecule has 0 aliphatic carbocycles. The van der Waals surface area contributed by atoms with E-state index in [2.05, 4.69) is 9.97 Å². The van der Waals surface area contributed by atoms with E-state index in [0.717, 1.165) is 6.42 Å². The molecule has 0 bridgehead atoms. The van der Waals surface area contributed by atoms with E-state index < -0.39 is 23.3 Å². The smallest absolute Gasteiger partial charge is 0.357 e. The van der Waals surface area contributed by atoms with E-state index in [4.69, 9.17) is 14.9 Å². The van der Waals surface area contributed by atoms with Gasteiger partial charge in [-0.25, -0.2) is 14.6 Å². The van der Waals surface area contributed by atoms with Crippen LogP contribution in [0.1, 0.15) is 40.1 Å². The number of carbonyl (C=O) groups is 2. The van der Waals surface area contributed by atoms with E-state index in [-0.39, 0.29) is 12.4 Å². The second-order valence-corrected chi connectivity index (χ2v) is 3.07. The van der Waals surface area contributed by atoms with Crippen LogP contribution in [0.25, 0.3) is 0 Å². The van der Waals surface area contributed by atoms with E-state index >= 15 is 0 Å². The molecule has 0 saturated carbocycles. The maximum atomic E-state index is 10.7. The normalized spacial score (nSPS) is 10.3. The van der Waals surface area contributed by atoms with E-state index in [1.165, 1.54) is 0 Å². The molecule has 1 rings (SSSR count). The summed E-state index contributed by atoms with van der Waals surface area (Å²) in [5, 5.41) is 17.4. The van der Waals surface area contributed by atoms with Crippen LogP contribution in [0.2, 0.25) is 0 Å². The molecule has 3 N–H and O–H groups in total. The van der Waals surface area contributed by atoms with Crippen LogP contribution in [0.15, 0.2) is 0 Å². The molecule has 1 aromatic heterocycles. The summed E-state index contributed by atoms with van der Waals surface area (Å²) < 4.78 is 5.12. The summed E-state index contributed by atoms with van der Waals surface area (Å²) in [4.78, 5) is 27.4. The summed E-state index contributed by atoms with van der Waals surface area (Å²) >= 11 is 0. The molecule has 0 amide bonds. The molecular weight excluding hydrogens is 216 g/mol. The number of nitrogens with zero attached hydrogens (tertiary/aromatic N) is 1. The van der Waals surface area contributed by atoms with Crippen LogP contribution < -0.4 is 0 Å². The van der Waals surface area contributed by atoms with Gasteiger partial charge in [-0.3, -0.25) is 0 Å². The number of aromatic nitrogens is 2. The molecule has 7 heteroatoms. The third-order valence-corrected chi connectivity index (χ3v) is 1.76. The highest BCUT2D eigenvalue weighted by atomic mass is 16.5. The molecule has 1 heterocycles. The molecule has 0 atom stereocenters. The lowest BCUT2D eigenvalue weighted by atomic mass is 10.3. The second-order valence-electron chi connectivity index (χ2n) is 3.07. The fraction of sp³-hybridized carbons (Fsp3) is 0.444. The van der Waals surface area contributed by atoms with Gasteiger partial charge in [-0.05, 0) is 6.42 Å². The van der Waals surface area contributed by atoms with Gasteiger partial charge in [-0.2, -0.15) is 0 Å². The minimum Gasteiger partial charge on any atom is -0.477 e. The minimum absolute atomic E-state index is 0.0708. The van der Waals surface area contributed by atoms with Crippen LogP contribution >= 0.6 is 0 Å². The molecule has 7 nitrogen and oxygen atoms in total. The zero-order chi connectivity index (χ0) is 12.1. The molecule has 0 spiro atoms. The van der Waals surface area contributed by atoms with E-state index in [0.29, 0.717) is 6.61 Å². The molecule has 0 fully saturated rings. The van der Waals surface area contributed by atoms with E-state index in [9.17, 15) is 9.59 Å². The van der Waals surface area contributed by atoms with Gasteiger partial charge in [0.15, 0.2) is 11.4 Å². The van der Waals surface area contributed by atoms with Crippen molar-refractivity contribution in [1.29, 1.82) is 0 Å². The van der Waals surface area contributed by atoms with Crippen LogP contribution in [-0.4, -0.2) is 38.7 Å². The molecule has 0 unspecified atom stereocenters. The molecule has 0 saturated heterocycles. The average molecular weight is 228 g/mol. The molecule has 16 heavy (non-hydrogen) atoms. The molecule has 0 aliphatic heterocycles. The van der Waals surface area contributed by atoms with Crippen LogP contribution in [0.5, 0.6) is 0 Å². The van der Waals surface area contributed by atoms with Gasteiger partial charge in [-0.15, -0.1) is 0 Å². The van der Waals surface area contributed by atoms with Crippen molar-refractivity contribution in [2.24, 2.45) is 0 Å². The Morgan fingerprint density at radius 3 is 2.50 bits per heavy atom. The summed E-state index contributed by atoms with van der Waals surface area (Å²) in [6.45, 7) is 2.50. The van der Waals surface area contributed by atoms with Gasteiger partial charge in [-0.1, -0.05) is 6.92 Å². The van der Waals surface area contributed by atoms with Gasteiger partial charge >= 0.3 is 11.9 Å². The van der Waals surface area contributed by atoms with Gasteiger partial charge in [0.1, 0.15) is 12.4 Å². The Hall–Kier alpha value is -1.89. The number of nitrogens with one attached hydrogen (secondary N) is 1. The lowest BCUT2D eigenvalue weighted by Crippen LogP contribution is -2.07. The van der Waals surface area contributed by atoms with Crippen LogP contribution in [0.3, 0.4) is 0 Å². The first-order chi connectivity index (χ1) is 7.56. The number of rotatable bonds is 6. The summed E-state index contributed by atoms with van der Waals surface area (Å²) in [5.74, 6) is -2.54. The number of carboxylic acids is 2. The van der Waals surface area contributed by atoms with Crippen molar-refractivity contribution in [2.45, 2.75) is 20.0 Å². The van der Waals surface area contributed by atoms with Crippen LogP contribution in [0, 0.1) is 0 Å². The van der Waals surface area contributed by atoms with Crippen molar-refractivity contribution in [3.8, 4) is 0 Å². The Balaban J connectivity index is 2.84. The quantitative estimate of drug-likeness (QED) is 0.619. The van der Waals surface area contributed by atoms with Crippen LogP contribution in [0.4, 0.5) is 0 Å². The van der Waals surface area contributed by atoms with E-state index in [1.807, 2.05) is 6.92 Å². The number of hydrogen-bond donors (Lipinski definition) is 3. The predicted molar refractivity (Wildman–Crippen MR) is 52.5 cm³/mol. The summed E-state index contributed by atoms with van der Waals surface area (Å²) in [6.07, 6.45) is 0.818. The van der Waals surface area contributed by atoms with Crippen molar-refractivity contribution in [1.82, 2.24) is 9.97 Å². The van der Waals surface area contributed by atoms with E-state index in [1.54, 1.807) is 0 Å². The molecule has 1 aromatic rings. The van der Waals surface area contributed by atoms with Crippen LogP contribution in [-0.2, 0) is 11.3 Å². The number of H-pyrrole nitrogens is 1. The average Bonchev–Trinajstić information content (AvgIpc) is 2.62. The highest BCUT2D eigenvalue weighted by Crippen LogP contribution is 2.07. The number of imidazole rings is 1. The summed E-state index contributed by atoms with van der Waals surface area (Å²) in [6, 6.07) is 0. The van der Waals surface area contributed by atoms with Crippen molar-refractivity contribution in [3.05, 3.63) is 17.2 Å². The number of carboxylic acid groups (broad SMARTS) is 2. The summed E-state index contributed by atoms with van der Waals surface area (Å²) in [7, 11) is 0. The molecule has 0 aliphatic rings. The largest absolute Gasteiger partial charge is 0.477 e. The zero-order valence-corrected chi connectivity index (χ0v) is 8.69. The topological polar surface area (TPSA) is 113 Å². The third kappa shape index (κ3) is 2.80. The first-order valence-corrected chi connectivity index (χ1v) is 4.69. The van der Waals surface area contributed by atoms with Gasteiger partial charge in [0.2, 0.25) is 0 Å². The molecule has 88 valence electrons. The number of ether oxygens (including phenoxy) is 1. The fourth-order valence-electron chi connectivity index (χ4n) is 1.11. The zero-order valence-electron chi connectivity index (χ0n) is 8.69. The lowest BCUT2D eigenvalue weighted by Gasteiger charge is -1.97. The number of aromatic amines is 1. The first-order valence-electron chi connectivity index (χ1n) is 4.69. The fourth-order valence-corrected chi connectivity index (χ4v) is 1.11. The van der Waals surface area contributed by atoms with Crippen molar-refractivity contribution >= 4 is 11.9 Å². The van der Waals surface area contributed by atoms with Gasteiger partial charge in [0.05, 0.1) is 0 Å². The van der Waals surface area contributed by atoms with Gasteiger partial charge < -0.3 is 19.9 Å². The Morgan fingerprint density at radius 1 is 1.38 bits per heavy atom. The standard InChI is InChI=1S/C9H12N2O5/c1-2-3-16-4-5-10-6(8(12)13)7(11-5)9(14)15/h2-4H2,1H3,(H,10,11)(H,12,13)(H,14,15). The van der Waals surface area contributed by atoms with Gasteiger partial charge in [0.25, 0.3) is 0 Å². The molecule has 0 radical (unpaired) electrons. The minimum atomic E-state index is -1.38. The Kier molecular flexibility index (Phi) is 4.01. The first kappa shape index (κ1) is 12.2. The third-order valence-electron chi connectivity index (χ3n) is 1.76. The maximum absolute atomic E-state index is 10.7. The van der Waals surface area contributed by atoms with Crippen molar-refractivity contribution in [3.63, 3.8) is 0 Å². The highest BCUT2D eigenvalue weighted by Gasteiger charge is 2.21. The molecular formula is C9H12N2O5. The molecule has 0 aromatic carbocycles. The van der Waals surface area contributed by atoms with Gasteiger partial charge in [0, 0.05) is 6.61 Å². The highest BCUT2D eigenvalue weighted by molar-refractivity contribution is 5.98.